The molecule has 21 heavy (non-hydrogen) atoms. The van der Waals surface area contributed by atoms with Crippen LogP contribution in [0.25, 0.3) is 0 Å². The van der Waals surface area contributed by atoms with Crippen molar-refractivity contribution in [1.82, 2.24) is 9.80 Å². The van der Waals surface area contributed by atoms with Crippen LogP contribution in [0.2, 0.25) is 0 Å². The maximum Gasteiger partial charge on any atom is 0.263 e. The Balaban J connectivity index is 1.39. The third-order valence-electron chi connectivity index (χ3n) is 4.59. The quantitative estimate of drug-likeness (QED) is 0.856. The van der Waals surface area contributed by atoms with Crippen LogP contribution in [0.4, 0.5) is 0 Å². The molecule has 116 valence electrons. The number of hydrogen-bond acceptors (Lipinski definition) is 4. The van der Waals surface area contributed by atoms with Crippen molar-refractivity contribution in [2.75, 3.05) is 45.9 Å². The van der Waals surface area contributed by atoms with E-state index in [-0.39, 0.29) is 5.91 Å². The van der Waals surface area contributed by atoms with Crippen molar-refractivity contribution in [3.05, 3.63) is 22.4 Å². The lowest BCUT2D eigenvalue weighted by Gasteiger charge is -2.33. The van der Waals surface area contributed by atoms with E-state index in [2.05, 4.69) is 4.90 Å². The minimum atomic E-state index is 0.219. The lowest BCUT2D eigenvalue weighted by Crippen LogP contribution is -2.40. The molecule has 1 amide bonds. The van der Waals surface area contributed by atoms with Gasteiger partial charge in [0, 0.05) is 26.2 Å². The molecule has 0 unspecified atom stereocenters. The molecule has 5 heteroatoms. The Kier molecular flexibility index (Phi) is 5.27. The van der Waals surface area contributed by atoms with Gasteiger partial charge in [-0.15, -0.1) is 11.3 Å². The molecule has 2 fully saturated rings. The Labute approximate surface area is 130 Å². The molecule has 0 radical (unpaired) electrons. The fraction of sp³-hybridized carbons (Fsp3) is 0.688. The summed E-state index contributed by atoms with van der Waals surface area (Å²) in [6, 6.07) is 3.88. The number of hydrogen-bond donors (Lipinski definition) is 0. The third kappa shape index (κ3) is 4.05. The van der Waals surface area contributed by atoms with Crippen molar-refractivity contribution in [2.45, 2.75) is 19.3 Å². The highest BCUT2D eigenvalue weighted by atomic mass is 32.1. The van der Waals surface area contributed by atoms with Gasteiger partial charge in [-0.25, -0.2) is 0 Å². The molecular weight excluding hydrogens is 284 g/mol. The number of likely N-dealkylation sites (tertiary alicyclic amines) is 1. The second-order valence-electron chi connectivity index (χ2n) is 5.96. The number of morpholine rings is 1. The molecule has 2 aliphatic heterocycles. The molecule has 0 spiro atoms. The molecule has 0 aromatic carbocycles. The third-order valence-corrected chi connectivity index (χ3v) is 5.45. The minimum Gasteiger partial charge on any atom is -0.379 e. The van der Waals surface area contributed by atoms with E-state index < -0.39 is 0 Å². The van der Waals surface area contributed by atoms with E-state index in [1.165, 1.54) is 13.0 Å². The zero-order valence-electron chi connectivity index (χ0n) is 12.5. The van der Waals surface area contributed by atoms with Gasteiger partial charge in [0.15, 0.2) is 0 Å². The second-order valence-corrected chi connectivity index (χ2v) is 6.90. The van der Waals surface area contributed by atoms with E-state index in [1.54, 1.807) is 11.3 Å². The maximum absolute atomic E-state index is 12.3. The van der Waals surface area contributed by atoms with Crippen LogP contribution in [-0.4, -0.2) is 61.6 Å². The zero-order chi connectivity index (χ0) is 14.5. The smallest absolute Gasteiger partial charge is 0.263 e. The predicted molar refractivity (Wildman–Crippen MR) is 84.8 cm³/mol. The van der Waals surface area contributed by atoms with E-state index in [0.29, 0.717) is 0 Å². The molecule has 0 N–H and O–H groups in total. The predicted octanol–water partition coefficient (Wildman–Crippen LogP) is 2.32. The van der Waals surface area contributed by atoms with Crippen LogP contribution in [0.5, 0.6) is 0 Å². The maximum atomic E-state index is 12.3. The molecule has 3 heterocycles. The van der Waals surface area contributed by atoms with Crippen LogP contribution in [-0.2, 0) is 4.74 Å². The standard InChI is InChI=1S/C16H24N2O2S/c19-16(15-2-1-13-21-15)18-7-4-14(5-8-18)3-6-17-9-11-20-12-10-17/h1-2,13-14H,3-12H2. The number of amides is 1. The van der Waals surface area contributed by atoms with Gasteiger partial charge in [0.2, 0.25) is 0 Å². The van der Waals surface area contributed by atoms with Crippen LogP contribution in [0.15, 0.2) is 17.5 Å². The molecule has 0 atom stereocenters. The Morgan fingerprint density at radius 1 is 1.24 bits per heavy atom. The summed E-state index contributed by atoms with van der Waals surface area (Å²) in [6.07, 6.45) is 3.57. The van der Waals surface area contributed by atoms with Gasteiger partial charge in [-0.1, -0.05) is 6.07 Å². The SMILES string of the molecule is O=C(c1cccs1)N1CCC(CCN2CCOCC2)CC1. The number of rotatable bonds is 4. The highest BCUT2D eigenvalue weighted by Gasteiger charge is 2.24. The van der Waals surface area contributed by atoms with Crippen LogP contribution < -0.4 is 0 Å². The van der Waals surface area contributed by atoms with Gasteiger partial charge in [0.05, 0.1) is 18.1 Å². The van der Waals surface area contributed by atoms with E-state index in [9.17, 15) is 4.79 Å². The molecule has 0 saturated carbocycles. The summed E-state index contributed by atoms with van der Waals surface area (Å²) in [6.45, 7) is 6.95. The van der Waals surface area contributed by atoms with Gasteiger partial charge in [-0.3, -0.25) is 9.69 Å². The molecular formula is C16H24N2O2S. The summed E-state index contributed by atoms with van der Waals surface area (Å²) in [4.78, 5) is 17.7. The lowest BCUT2D eigenvalue weighted by molar-refractivity contribution is 0.0332. The van der Waals surface area contributed by atoms with Gasteiger partial charge < -0.3 is 9.64 Å². The van der Waals surface area contributed by atoms with Gasteiger partial charge in [-0.2, -0.15) is 0 Å². The average Bonchev–Trinajstić information content (AvgIpc) is 3.08. The molecule has 2 aliphatic rings. The van der Waals surface area contributed by atoms with Crippen LogP contribution >= 0.6 is 11.3 Å². The first-order valence-corrected chi connectivity index (χ1v) is 8.84. The summed E-state index contributed by atoms with van der Waals surface area (Å²) in [5, 5.41) is 1.97. The van der Waals surface area contributed by atoms with Crippen molar-refractivity contribution in [2.24, 2.45) is 5.92 Å². The molecule has 0 aliphatic carbocycles. The Bertz CT molecular complexity index is 435. The molecule has 0 bridgehead atoms. The van der Waals surface area contributed by atoms with Crippen LogP contribution in [0.3, 0.4) is 0 Å². The Morgan fingerprint density at radius 2 is 2.00 bits per heavy atom. The summed E-state index contributed by atoms with van der Waals surface area (Å²) in [5.74, 6) is 0.997. The number of carbonyl (C=O) groups is 1. The molecule has 1 aromatic heterocycles. The summed E-state index contributed by atoms with van der Waals surface area (Å²) < 4.78 is 5.38. The first-order valence-electron chi connectivity index (χ1n) is 7.96. The summed E-state index contributed by atoms with van der Waals surface area (Å²) in [5.41, 5.74) is 0. The monoisotopic (exact) mass is 308 g/mol. The fourth-order valence-corrected chi connectivity index (χ4v) is 3.86. The first-order chi connectivity index (χ1) is 10.3. The fourth-order valence-electron chi connectivity index (χ4n) is 3.17. The van der Waals surface area contributed by atoms with E-state index in [1.807, 2.05) is 22.4 Å². The van der Waals surface area contributed by atoms with Gasteiger partial charge >= 0.3 is 0 Å². The highest BCUT2D eigenvalue weighted by Crippen LogP contribution is 2.23. The van der Waals surface area contributed by atoms with Gasteiger partial charge in [-0.05, 0) is 43.2 Å². The lowest BCUT2D eigenvalue weighted by atomic mass is 9.93. The molecule has 2 saturated heterocycles. The number of piperidine rings is 1. The van der Waals surface area contributed by atoms with Crippen molar-refractivity contribution in [3.8, 4) is 0 Å². The van der Waals surface area contributed by atoms with Crippen molar-refractivity contribution in [3.63, 3.8) is 0 Å². The summed E-state index contributed by atoms with van der Waals surface area (Å²) >= 11 is 1.54. The average molecular weight is 308 g/mol. The van der Waals surface area contributed by atoms with Crippen molar-refractivity contribution >= 4 is 17.2 Å². The topological polar surface area (TPSA) is 32.8 Å². The van der Waals surface area contributed by atoms with Gasteiger partial charge in [0.25, 0.3) is 5.91 Å². The Morgan fingerprint density at radius 3 is 2.67 bits per heavy atom. The van der Waals surface area contributed by atoms with E-state index >= 15 is 0 Å². The molecule has 1 aromatic rings. The van der Waals surface area contributed by atoms with Crippen molar-refractivity contribution < 1.29 is 9.53 Å². The van der Waals surface area contributed by atoms with Crippen molar-refractivity contribution in [1.29, 1.82) is 0 Å². The zero-order valence-corrected chi connectivity index (χ0v) is 13.3. The number of ether oxygens (including phenoxy) is 1. The summed E-state index contributed by atoms with van der Waals surface area (Å²) in [7, 11) is 0. The van der Waals surface area contributed by atoms with E-state index in [4.69, 9.17) is 4.74 Å². The number of thiophene rings is 1. The number of nitrogens with zero attached hydrogens (tertiary/aromatic N) is 2. The molecule has 4 nitrogen and oxygen atoms in total. The van der Waals surface area contributed by atoms with Crippen LogP contribution in [0, 0.1) is 5.92 Å². The highest BCUT2D eigenvalue weighted by molar-refractivity contribution is 7.12. The normalized spacial score (nSPS) is 21.6. The largest absolute Gasteiger partial charge is 0.379 e. The second kappa shape index (κ2) is 7.38. The van der Waals surface area contributed by atoms with E-state index in [0.717, 1.165) is 63.0 Å². The van der Waals surface area contributed by atoms with Gasteiger partial charge in [0.1, 0.15) is 0 Å². The molecule has 3 rings (SSSR count). The first kappa shape index (κ1) is 15.0. The van der Waals surface area contributed by atoms with Crippen LogP contribution in [0.1, 0.15) is 28.9 Å². The number of carbonyl (C=O) groups excluding carboxylic acids is 1. The Hall–Kier alpha value is -0.910. The minimum absolute atomic E-state index is 0.219.